The maximum absolute atomic E-state index is 10.4. The molecule has 0 saturated heterocycles. The van der Waals surface area contributed by atoms with E-state index in [1.54, 1.807) is 0 Å². The van der Waals surface area contributed by atoms with Crippen LogP contribution in [0.25, 0.3) is 0 Å². The fourth-order valence-corrected chi connectivity index (χ4v) is 2.60. The first-order valence-corrected chi connectivity index (χ1v) is 9.79. The second-order valence-electron chi connectivity index (χ2n) is 6.44. The zero-order valence-corrected chi connectivity index (χ0v) is 15.3. The molecule has 23 heavy (non-hydrogen) atoms. The number of carboxylic acid groups (broad SMARTS) is 1. The molecule has 134 valence electrons. The maximum Gasteiger partial charge on any atom is 0.303 e. The second-order valence-corrected chi connectivity index (χ2v) is 6.44. The van der Waals surface area contributed by atoms with Gasteiger partial charge in [0.1, 0.15) is 0 Å². The van der Waals surface area contributed by atoms with Crippen LogP contribution in [0.2, 0.25) is 0 Å². The molecule has 0 amide bonds. The Balaban J connectivity index is 3.12. The Morgan fingerprint density at radius 2 is 1.17 bits per heavy atom. The molecule has 0 unspecified atom stereocenters. The number of rotatable bonds is 17. The van der Waals surface area contributed by atoms with E-state index in [1.165, 1.54) is 70.6 Å². The van der Waals surface area contributed by atoms with Crippen LogP contribution in [0.1, 0.15) is 103 Å². The lowest BCUT2D eigenvalue weighted by Crippen LogP contribution is -1.93. The minimum atomic E-state index is -0.661. The van der Waals surface area contributed by atoms with Crippen LogP contribution in [0.15, 0.2) is 24.3 Å². The van der Waals surface area contributed by atoms with Crippen molar-refractivity contribution in [3.8, 4) is 0 Å². The van der Waals surface area contributed by atoms with Crippen molar-refractivity contribution in [3.05, 3.63) is 24.3 Å². The zero-order chi connectivity index (χ0) is 17.0. The molecule has 0 aliphatic carbocycles. The van der Waals surface area contributed by atoms with Gasteiger partial charge in [0.2, 0.25) is 0 Å². The van der Waals surface area contributed by atoms with Gasteiger partial charge in [0.05, 0.1) is 0 Å². The van der Waals surface area contributed by atoms with Crippen LogP contribution in [0, 0.1) is 0 Å². The fourth-order valence-electron chi connectivity index (χ4n) is 2.60. The highest BCUT2D eigenvalue weighted by Gasteiger charge is 1.96. The van der Waals surface area contributed by atoms with Crippen LogP contribution in [0.5, 0.6) is 0 Å². The number of carbonyl (C=O) groups is 1. The largest absolute Gasteiger partial charge is 0.481 e. The summed E-state index contributed by atoms with van der Waals surface area (Å²) in [6, 6.07) is 0. The number of aliphatic carboxylic acids is 1. The molecule has 0 fully saturated rings. The molecule has 0 aliphatic heterocycles. The molecule has 0 spiro atoms. The highest BCUT2D eigenvalue weighted by molar-refractivity contribution is 5.66. The summed E-state index contributed by atoms with van der Waals surface area (Å²) < 4.78 is 0. The molecule has 0 aromatic carbocycles. The van der Waals surface area contributed by atoms with Crippen molar-refractivity contribution in [1.29, 1.82) is 0 Å². The molecule has 0 aromatic rings. The Kier molecular flexibility index (Phi) is 18.1. The van der Waals surface area contributed by atoms with Gasteiger partial charge < -0.3 is 5.11 Å². The van der Waals surface area contributed by atoms with Gasteiger partial charge in [-0.05, 0) is 32.1 Å². The number of carboxylic acids is 1. The molecule has 2 nitrogen and oxygen atoms in total. The average Bonchev–Trinajstić information content (AvgIpc) is 2.53. The summed E-state index contributed by atoms with van der Waals surface area (Å²) >= 11 is 0. The lowest BCUT2D eigenvalue weighted by atomic mass is 10.1. The van der Waals surface area contributed by atoms with Gasteiger partial charge in [-0.15, -0.1) is 0 Å². The summed E-state index contributed by atoms with van der Waals surface area (Å²) in [6.45, 7) is 2.23. The van der Waals surface area contributed by atoms with Gasteiger partial charge >= 0.3 is 5.97 Å². The quantitative estimate of drug-likeness (QED) is 0.230. The van der Waals surface area contributed by atoms with Crippen molar-refractivity contribution in [1.82, 2.24) is 0 Å². The third-order valence-electron chi connectivity index (χ3n) is 4.09. The second kappa shape index (κ2) is 19.0. The first-order chi connectivity index (χ1) is 11.3. The molecular formula is C21H38O2. The van der Waals surface area contributed by atoms with Crippen LogP contribution in [0.4, 0.5) is 0 Å². The molecule has 2 heteroatoms. The van der Waals surface area contributed by atoms with Gasteiger partial charge in [-0.2, -0.15) is 0 Å². The van der Waals surface area contributed by atoms with Crippen LogP contribution < -0.4 is 0 Å². The first kappa shape index (κ1) is 21.9. The van der Waals surface area contributed by atoms with Crippen LogP contribution in [0.3, 0.4) is 0 Å². The van der Waals surface area contributed by atoms with E-state index >= 15 is 0 Å². The van der Waals surface area contributed by atoms with Crippen molar-refractivity contribution in [3.63, 3.8) is 0 Å². The predicted molar refractivity (Wildman–Crippen MR) is 101 cm³/mol. The molecule has 0 bridgehead atoms. The topological polar surface area (TPSA) is 37.3 Å². The number of hydrogen-bond acceptors (Lipinski definition) is 1. The van der Waals surface area contributed by atoms with Crippen molar-refractivity contribution in [2.24, 2.45) is 0 Å². The van der Waals surface area contributed by atoms with Crippen molar-refractivity contribution < 1.29 is 9.90 Å². The summed E-state index contributed by atoms with van der Waals surface area (Å²) in [6.07, 6.45) is 26.7. The number of allylic oxidation sites excluding steroid dienone is 4. The molecule has 0 rings (SSSR count). The lowest BCUT2D eigenvalue weighted by molar-refractivity contribution is -0.137. The van der Waals surface area contributed by atoms with E-state index in [9.17, 15) is 4.79 Å². The Morgan fingerprint density at radius 3 is 1.70 bits per heavy atom. The van der Waals surface area contributed by atoms with Gasteiger partial charge in [-0.1, -0.05) is 89.0 Å². The Bertz CT molecular complexity index is 305. The fraction of sp³-hybridized carbons (Fsp3) is 0.762. The van der Waals surface area contributed by atoms with E-state index in [0.717, 1.165) is 19.3 Å². The Hall–Kier alpha value is -1.05. The maximum atomic E-state index is 10.4. The van der Waals surface area contributed by atoms with Gasteiger partial charge in [0, 0.05) is 6.42 Å². The minimum absolute atomic E-state index is 0.335. The summed E-state index contributed by atoms with van der Waals surface area (Å²) in [4.78, 5) is 10.4. The monoisotopic (exact) mass is 322 g/mol. The third-order valence-corrected chi connectivity index (χ3v) is 4.09. The molecule has 0 aliphatic rings. The van der Waals surface area contributed by atoms with Crippen molar-refractivity contribution >= 4 is 5.97 Å². The zero-order valence-electron chi connectivity index (χ0n) is 15.3. The number of unbranched alkanes of at least 4 members (excludes halogenated alkanes) is 11. The normalized spacial score (nSPS) is 11.7. The standard InChI is InChI=1S/C21H38O2/c1-2-3-4-5-6-7-8-9-10-11-12-13-14-15-16-17-18-19-20-21(22)23/h5-6,8-9H,2-4,7,10-20H2,1H3,(H,22,23). The lowest BCUT2D eigenvalue weighted by Gasteiger charge is -2.01. The summed E-state index contributed by atoms with van der Waals surface area (Å²) in [5, 5.41) is 8.54. The summed E-state index contributed by atoms with van der Waals surface area (Å²) in [5.74, 6) is -0.661. The van der Waals surface area contributed by atoms with Crippen LogP contribution >= 0.6 is 0 Å². The summed E-state index contributed by atoms with van der Waals surface area (Å²) in [5.41, 5.74) is 0. The van der Waals surface area contributed by atoms with E-state index in [0.29, 0.717) is 6.42 Å². The van der Waals surface area contributed by atoms with Crippen molar-refractivity contribution in [2.45, 2.75) is 103 Å². The van der Waals surface area contributed by atoms with Gasteiger partial charge in [-0.3, -0.25) is 4.79 Å². The molecule has 0 atom stereocenters. The molecule has 0 saturated carbocycles. The van der Waals surface area contributed by atoms with Gasteiger partial charge in [0.15, 0.2) is 0 Å². The average molecular weight is 323 g/mol. The van der Waals surface area contributed by atoms with E-state index in [4.69, 9.17) is 5.11 Å². The SMILES string of the molecule is CCCCC=CCC=CCCCCCCCCCCCC(=O)O. The third kappa shape index (κ3) is 21.0. The smallest absolute Gasteiger partial charge is 0.303 e. The first-order valence-electron chi connectivity index (χ1n) is 9.79. The van der Waals surface area contributed by atoms with E-state index in [-0.39, 0.29) is 0 Å². The Morgan fingerprint density at radius 1 is 0.696 bits per heavy atom. The molecule has 1 N–H and O–H groups in total. The summed E-state index contributed by atoms with van der Waals surface area (Å²) in [7, 11) is 0. The highest BCUT2D eigenvalue weighted by atomic mass is 16.4. The van der Waals surface area contributed by atoms with Crippen LogP contribution in [-0.2, 0) is 4.79 Å². The highest BCUT2D eigenvalue weighted by Crippen LogP contribution is 2.11. The van der Waals surface area contributed by atoms with E-state index in [2.05, 4.69) is 31.2 Å². The van der Waals surface area contributed by atoms with E-state index < -0.39 is 5.97 Å². The van der Waals surface area contributed by atoms with Gasteiger partial charge in [-0.25, -0.2) is 0 Å². The molecule has 0 heterocycles. The van der Waals surface area contributed by atoms with Gasteiger partial charge in [0.25, 0.3) is 0 Å². The molecule has 0 aromatic heterocycles. The van der Waals surface area contributed by atoms with E-state index in [1.807, 2.05) is 0 Å². The Labute approximate surface area is 144 Å². The van der Waals surface area contributed by atoms with Crippen LogP contribution in [-0.4, -0.2) is 11.1 Å². The number of hydrogen-bond donors (Lipinski definition) is 1. The minimum Gasteiger partial charge on any atom is -0.481 e. The molecular weight excluding hydrogens is 284 g/mol. The molecule has 0 radical (unpaired) electrons. The predicted octanol–water partition coefficient (Wildman–Crippen LogP) is 7.05. The van der Waals surface area contributed by atoms with Crippen molar-refractivity contribution in [2.75, 3.05) is 0 Å².